The Morgan fingerprint density at radius 2 is 1.57 bits per heavy atom. The molecule has 0 saturated carbocycles. The average molecular weight is 420 g/mol. The Hall–Kier alpha value is -1.03. The molecule has 164 valence electrons. The van der Waals surface area contributed by atoms with Crippen LogP contribution in [0.5, 0.6) is 0 Å². The van der Waals surface area contributed by atoms with Crippen LogP contribution in [0.15, 0.2) is 29.2 Å². The molecule has 3 N–H and O–H groups in total. The Morgan fingerprint density at radius 1 is 1.04 bits per heavy atom. The van der Waals surface area contributed by atoms with Gasteiger partial charge in [0.2, 0.25) is 0 Å². The van der Waals surface area contributed by atoms with Crippen molar-refractivity contribution in [2.75, 3.05) is 39.9 Å². The monoisotopic (exact) mass is 419 g/mol. The molecule has 1 atom stereocenters. The zero-order valence-corrected chi connectivity index (χ0v) is 18.2. The molecule has 1 unspecified atom stereocenters. The molecule has 0 radical (unpaired) electrons. The zero-order chi connectivity index (χ0) is 21.6. The summed E-state index contributed by atoms with van der Waals surface area (Å²) in [4.78, 5) is -0.178. The number of nitrogens with zero attached hydrogens (tertiary/aromatic N) is 1. The molecule has 0 amide bonds. The van der Waals surface area contributed by atoms with Gasteiger partial charge in [-0.05, 0) is 25.5 Å². The molecule has 0 bridgehead atoms. The Morgan fingerprint density at radius 3 is 2.00 bits per heavy atom. The Labute approximate surface area is 170 Å². The lowest BCUT2D eigenvalue weighted by molar-refractivity contribution is -0.913. The summed E-state index contributed by atoms with van der Waals surface area (Å²) in [5.74, 6) is 0. The van der Waals surface area contributed by atoms with E-state index in [1.54, 1.807) is 12.1 Å². The molecule has 0 aliphatic heterocycles. The molecular formula is C20H37NO6S. The van der Waals surface area contributed by atoms with Gasteiger partial charge in [-0.1, -0.05) is 50.3 Å². The van der Waals surface area contributed by atoms with Crippen LogP contribution < -0.4 is 0 Å². The standard InChI is InChI=1S/C13H30NO3.C7H8O3S/c1-3-4-5-6-7-13(17)12-14(2,8-10-15)9-11-16;1-6-2-4-7(5-3-6)11(8,9)10/h13,15-17H,3-12H2,1-2H3;2-5H,1H3,(H,8,9,10)/q+1;/p-1. The minimum Gasteiger partial charge on any atom is -0.744 e. The number of hydrogen-bond donors (Lipinski definition) is 3. The van der Waals surface area contributed by atoms with E-state index in [2.05, 4.69) is 6.92 Å². The third-order valence-corrected chi connectivity index (χ3v) is 5.48. The molecule has 1 rings (SSSR count). The van der Waals surface area contributed by atoms with Gasteiger partial charge in [-0.3, -0.25) is 0 Å². The largest absolute Gasteiger partial charge is 0.744 e. The van der Waals surface area contributed by atoms with Gasteiger partial charge >= 0.3 is 0 Å². The number of aliphatic hydroxyl groups is 3. The van der Waals surface area contributed by atoms with Crippen LogP contribution in [0.3, 0.4) is 0 Å². The van der Waals surface area contributed by atoms with Gasteiger partial charge in [0.05, 0.1) is 25.2 Å². The van der Waals surface area contributed by atoms with Crippen molar-refractivity contribution in [1.82, 2.24) is 0 Å². The first kappa shape index (κ1) is 27.0. The second-order valence-corrected chi connectivity index (χ2v) is 8.85. The lowest BCUT2D eigenvalue weighted by Gasteiger charge is -2.35. The summed E-state index contributed by atoms with van der Waals surface area (Å²) < 4.78 is 31.7. The highest BCUT2D eigenvalue weighted by Crippen LogP contribution is 2.10. The second kappa shape index (κ2) is 14.0. The fourth-order valence-corrected chi connectivity index (χ4v) is 3.36. The van der Waals surface area contributed by atoms with E-state index in [4.69, 9.17) is 10.2 Å². The van der Waals surface area contributed by atoms with Crippen LogP contribution in [0.1, 0.15) is 44.6 Å². The molecule has 8 heteroatoms. The average Bonchev–Trinajstić information content (AvgIpc) is 2.59. The molecule has 0 saturated heterocycles. The van der Waals surface area contributed by atoms with Crippen LogP contribution in [0.2, 0.25) is 0 Å². The summed E-state index contributed by atoms with van der Waals surface area (Å²) in [7, 11) is -2.30. The van der Waals surface area contributed by atoms with Crippen LogP contribution in [0.25, 0.3) is 0 Å². The van der Waals surface area contributed by atoms with Gasteiger partial charge in [-0.25, -0.2) is 8.42 Å². The quantitative estimate of drug-likeness (QED) is 0.269. The number of hydrogen-bond acceptors (Lipinski definition) is 6. The van der Waals surface area contributed by atoms with E-state index >= 15 is 0 Å². The summed E-state index contributed by atoms with van der Waals surface area (Å²) >= 11 is 0. The van der Waals surface area contributed by atoms with Gasteiger partial charge in [0.15, 0.2) is 0 Å². The summed E-state index contributed by atoms with van der Waals surface area (Å²) in [5.41, 5.74) is 0.928. The third kappa shape index (κ3) is 12.4. The molecule has 28 heavy (non-hydrogen) atoms. The molecule has 0 aliphatic carbocycles. The zero-order valence-electron chi connectivity index (χ0n) is 17.4. The minimum absolute atomic E-state index is 0.0963. The maximum absolute atomic E-state index is 10.4. The van der Waals surface area contributed by atoms with Crippen molar-refractivity contribution in [3.05, 3.63) is 29.8 Å². The van der Waals surface area contributed by atoms with E-state index in [0.717, 1.165) is 18.4 Å². The van der Waals surface area contributed by atoms with Crippen LogP contribution in [0.4, 0.5) is 0 Å². The Bertz CT molecular complexity index is 612. The van der Waals surface area contributed by atoms with Crippen molar-refractivity contribution in [2.45, 2.75) is 57.0 Å². The van der Waals surface area contributed by atoms with E-state index in [9.17, 15) is 18.1 Å². The van der Waals surface area contributed by atoms with Crippen LogP contribution in [-0.4, -0.2) is 78.8 Å². The molecule has 1 aromatic carbocycles. The minimum atomic E-state index is -4.27. The molecule has 1 aromatic rings. The van der Waals surface area contributed by atoms with Gasteiger partial charge < -0.3 is 24.4 Å². The van der Waals surface area contributed by atoms with Crippen molar-refractivity contribution in [3.8, 4) is 0 Å². The molecule has 0 spiro atoms. The lowest BCUT2D eigenvalue weighted by Crippen LogP contribution is -2.52. The second-order valence-electron chi connectivity index (χ2n) is 7.47. The normalized spacial score (nSPS) is 13.0. The first-order valence-corrected chi connectivity index (χ1v) is 11.2. The smallest absolute Gasteiger partial charge is 0.124 e. The van der Waals surface area contributed by atoms with Crippen LogP contribution in [-0.2, 0) is 10.1 Å². The van der Waals surface area contributed by atoms with Crippen LogP contribution >= 0.6 is 0 Å². The summed E-state index contributed by atoms with van der Waals surface area (Å²) in [6.45, 7) is 5.98. The van der Waals surface area contributed by atoms with Crippen molar-refractivity contribution in [3.63, 3.8) is 0 Å². The summed E-state index contributed by atoms with van der Waals surface area (Å²) in [6.07, 6.45) is 5.18. The summed E-state index contributed by atoms with van der Waals surface area (Å²) in [5, 5.41) is 28.0. The maximum atomic E-state index is 10.4. The number of benzene rings is 1. The fraction of sp³-hybridized carbons (Fsp3) is 0.700. The van der Waals surface area contributed by atoms with Gasteiger partial charge in [-0.15, -0.1) is 0 Å². The maximum Gasteiger partial charge on any atom is 0.124 e. The van der Waals surface area contributed by atoms with E-state index < -0.39 is 10.1 Å². The fourth-order valence-electron chi connectivity index (χ4n) is 2.89. The number of aliphatic hydroxyl groups excluding tert-OH is 3. The van der Waals surface area contributed by atoms with Crippen LogP contribution in [0, 0.1) is 6.92 Å². The van der Waals surface area contributed by atoms with Crippen molar-refractivity contribution < 1.29 is 32.8 Å². The van der Waals surface area contributed by atoms with E-state index in [-0.39, 0.29) is 24.2 Å². The predicted molar refractivity (Wildman–Crippen MR) is 109 cm³/mol. The number of aryl methyl sites for hydroxylation is 1. The van der Waals surface area contributed by atoms with Crippen molar-refractivity contribution in [2.24, 2.45) is 0 Å². The number of likely N-dealkylation sites (N-methyl/N-ethyl adjacent to an activating group) is 1. The third-order valence-electron chi connectivity index (χ3n) is 4.63. The molecule has 0 aliphatic rings. The van der Waals surface area contributed by atoms with Crippen molar-refractivity contribution in [1.29, 1.82) is 0 Å². The van der Waals surface area contributed by atoms with Gasteiger partial charge in [0, 0.05) is 0 Å². The molecule has 0 heterocycles. The molecular weight excluding hydrogens is 382 g/mol. The molecule has 7 nitrogen and oxygen atoms in total. The summed E-state index contributed by atoms with van der Waals surface area (Å²) in [6, 6.07) is 5.78. The topological polar surface area (TPSA) is 118 Å². The van der Waals surface area contributed by atoms with E-state index in [0.29, 0.717) is 24.1 Å². The number of unbranched alkanes of at least 4 members (excludes halogenated alkanes) is 3. The molecule has 0 aromatic heterocycles. The lowest BCUT2D eigenvalue weighted by atomic mass is 10.1. The first-order chi connectivity index (χ1) is 13.1. The van der Waals surface area contributed by atoms with Gasteiger partial charge in [0.25, 0.3) is 0 Å². The molecule has 0 fully saturated rings. The highest BCUT2D eigenvalue weighted by atomic mass is 32.2. The first-order valence-electron chi connectivity index (χ1n) is 9.84. The van der Waals surface area contributed by atoms with Crippen molar-refractivity contribution >= 4 is 10.1 Å². The predicted octanol–water partition coefficient (Wildman–Crippen LogP) is 1.65. The van der Waals surface area contributed by atoms with Gasteiger partial charge in [0.1, 0.15) is 35.9 Å². The highest BCUT2D eigenvalue weighted by molar-refractivity contribution is 7.85. The number of quaternary nitrogens is 1. The number of rotatable bonds is 12. The van der Waals surface area contributed by atoms with E-state index in [1.807, 2.05) is 14.0 Å². The van der Waals surface area contributed by atoms with Gasteiger partial charge in [-0.2, -0.15) is 0 Å². The van der Waals surface area contributed by atoms with E-state index in [1.165, 1.54) is 31.4 Å². The highest BCUT2D eigenvalue weighted by Gasteiger charge is 2.24. The Balaban J connectivity index is 0.000000567. The SMILES string of the molecule is CCCCCCC(O)C[N+](C)(CCO)CCO.Cc1ccc(S(=O)(=O)[O-])cc1. The Kier molecular flexibility index (Phi) is 13.5.